The van der Waals surface area contributed by atoms with Crippen LogP contribution in [-0.4, -0.2) is 57.3 Å². The highest BCUT2D eigenvalue weighted by Crippen LogP contribution is 2.03. The molecule has 9 heteroatoms. The van der Waals surface area contributed by atoms with E-state index in [9.17, 15) is 8.42 Å². The fourth-order valence-electron chi connectivity index (χ4n) is 1.77. The van der Waals surface area contributed by atoms with Crippen molar-refractivity contribution in [3.05, 3.63) is 24.0 Å². The average Bonchev–Trinajstić information content (AvgIpc) is 2.73. The molecule has 0 aliphatic carbocycles. The van der Waals surface area contributed by atoms with Gasteiger partial charge in [-0.15, -0.1) is 24.0 Å². The van der Waals surface area contributed by atoms with Crippen molar-refractivity contribution < 1.29 is 8.42 Å². The van der Waals surface area contributed by atoms with Crippen LogP contribution in [0.2, 0.25) is 0 Å². The summed E-state index contributed by atoms with van der Waals surface area (Å²) in [6, 6.07) is 4.05. The summed E-state index contributed by atoms with van der Waals surface area (Å²) >= 11 is 0. The van der Waals surface area contributed by atoms with E-state index in [4.69, 9.17) is 0 Å². The maximum absolute atomic E-state index is 10.9. The van der Waals surface area contributed by atoms with Gasteiger partial charge < -0.3 is 14.8 Å². The minimum absolute atomic E-state index is 0. The normalized spacial score (nSPS) is 11.9. The Balaban J connectivity index is 0.00000400. The number of hydrogen-bond acceptors (Lipinski definition) is 3. The van der Waals surface area contributed by atoms with Crippen LogP contribution in [0.1, 0.15) is 5.69 Å². The van der Waals surface area contributed by atoms with Gasteiger partial charge in [0.25, 0.3) is 0 Å². The van der Waals surface area contributed by atoms with Crippen molar-refractivity contribution in [3.63, 3.8) is 0 Å². The monoisotopic (exact) mass is 429 g/mol. The van der Waals surface area contributed by atoms with Gasteiger partial charge in [-0.1, -0.05) is 0 Å². The van der Waals surface area contributed by atoms with Crippen molar-refractivity contribution in [2.24, 2.45) is 12.0 Å². The number of aromatic nitrogens is 1. The van der Waals surface area contributed by atoms with Gasteiger partial charge in [-0.3, -0.25) is 4.99 Å². The third-order valence-electron chi connectivity index (χ3n) is 2.80. The zero-order valence-electron chi connectivity index (χ0n) is 12.8. The summed E-state index contributed by atoms with van der Waals surface area (Å²) in [4.78, 5) is 6.16. The van der Waals surface area contributed by atoms with Crippen molar-refractivity contribution in [1.29, 1.82) is 0 Å². The first kappa shape index (κ1) is 20.2. The summed E-state index contributed by atoms with van der Waals surface area (Å²) in [5.74, 6) is 0.724. The summed E-state index contributed by atoms with van der Waals surface area (Å²) in [7, 11) is 2.49. The molecule has 1 rings (SSSR count). The summed E-state index contributed by atoms with van der Waals surface area (Å²) in [5.41, 5.74) is 1.17. The van der Waals surface area contributed by atoms with Gasteiger partial charge in [0.15, 0.2) is 5.96 Å². The minimum Gasteiger partial charge on any atom is -0.355 e. The van der Waals surface area contributed by atoms with Gasteiger partial charge in [0, 0.05) is 46.1 Å². The summed E-state index contributed by atoms with van der Waals surface area (Å²) < 4.78 is 26.4. The van der Waals surface area contributed by atoms with Crippen LogP contribution < -0.4 is 10.0 Å². The molecule has 0 bridgehead atoms. The predicted molar refractivity (Wildman–Crippen MR) is 96.5 cm³/mol. The van der Waals surface area contributed by atoms with E-state index in [1.165, 1.54) is 5.69 Å². The molecule has 21 heavy (non-hydrogen) atoms. The number of rotatable bonds is 6. The van der Waals surface area contributed by atoms with Gasteiger partial charge >= 0.3 is 0 Å². The molecule has 1 aromatic heterocycles. The van der Waals surface area contributed by atoms with E-state index in [1.807, 2.05) is 31.3 Å². The third kappa shape index (κ3) is 7.67. The van der Waals surface area contributed by atoms with Gasteiger partial charge in [-0.25, -0.2) is 13.1 Å². The Morgan fingerprint density at radius 2 is 2.10 bits per heavy atom. The van der Waals surface area contributed by atoms with Crippen molar-refractivity contribution in [2.45, 2.75) is 6.54 Å². The van der Waals surface area contributed by atoms with Crippen LogP contribution in [0.15, 0.2) is 23.3 Å². The average molecular weight is 429 g/mol. The van der Waals surface area contributed by atoms with Crippen molar-refractivity contribution in [1.82, 2.24) is 19.5 Å². The van der Waals surface area contributed by atoms with Crippen LogP contribution in [0.3, 0.4) is 0 Å². The van der Waals surface area contributed by atoms with Crippen molar-refractivity contribution >= 4 is 40.0 Å². The Labute approximate surface area is 143 Å². The van der Waals surface area contributed by atoms with E-state index in [0.717, 1.165) is 18.8 Å². The molecule has 0 aromatic carbocycles. The lowest BCUT2D eigenvalue weighted by Gasteiger charge is -2.22. The lowest BCUT2D eigenvalue weighted by Crippen LogP contribution is -2.42. The van der Waals surface area contributed by atoms with Crippen LogP contribution in [0, 0.1) is 0 Å². The molecule has 0 saturated carbocycles. The highest BCUT2D eigenvalue weighted by atomic mass is 127. The first-order chi connectivity index (χ1) is 9.33. The van der Waals surface area contributed by atoms with Gasteiger partial charge in [-0.2, -0.15) is 0 Å². The fourth-order valence-corrected chi connectivity index (χ4v) is 2.25. The first-order valence-corrected chi connectivity index (χ1v) is 8.19. The molecule has 122 valence electrons. The van der Waals surface area contributed by atoms with E-state index in [2.05, 4.69) is 25.7 Å². The summed E-state index contributed by atoms with van der Waals surface area (Å²) in [6.07, 6.45) is 3.14. The van der Waals surface area contributed by atoms with Gasteiger partial charge in [0.1, 0.15) is 0 Å². The summed E-state index contributed by atoms with van der Waals surface area (Å²) in [5, 5.41) is 3.11. The summed E-state index contributed by atoms with van der Waals surface area (Å²) in [6.45, 7) is 1.54. The van der Waals surface area contributed by atoms with Gasteiger partial charge in [-0.05, 0) is 12.1 Å². The third-order valence-corrected chi connectivity index (χ3v) is 3.52. The van der Waals surface area contributed by atoms with Crippen LogP contribution in [0.4, 0.5) is 0 Å². The Morgan fingerprint density at radius 3 is 2.57 bits per heavy atom. The van der Waals surface area contributed by atoms with E-state index in [0.29, 0.717) is 13.1 Å². The second kappa shape index (κ2) is 9.26. The molecule has 0 amide bonds. The topological polar surface area (TPSA) is 78.7 Å². The number of aryl methyl sites for hydroxylation is 1. The lowest BCUT2D eigenvalue weighted by molar-refractivity contribution is 0.462. The SMILES string of the molecule is CN=C(NCCNS(C)(=O)=O)N(C)Cc1cccn1C.I. The molecule has 0 radical (unpaired) electrons. The molecule has 1 aromatic rings. The first-order valence-electron chi connectivity index (χ1n) is 6.30. The number of guanidine groups is 1. The molecule has 1 heterocycles. The Hall–Kier alpha value is -0.810. The molecule has 0 aliphatic rings. The molecule has 0 atom stereocenters. The standard InChI is InChI=1S/C12H23N5O2S.HI/c1-13-12(14-7-8-15-20(4,18)19)17(3)10-11-6-5-9-16(11)2;/h5-6,9,15H,7-8,10H2,1-4H3,(H,13,14);1H. The van der Waals surface area contributed by atoms with Crippen molar-refractivity contribution in [3.8, 4) is 0 Å². The molecule has 7 nitrogen and oxygen atoms in total. The molecular weight excluding hydrogens is 405 g/mol. The number of hydrogen-bond donors (Lipinski definition) is 2. The minimum atomic E-state index is -3.14. The molecule has 0 unspecified atom stereocenters. The molecule has 0 saturated heterocycles. The molecule has 0 aliphatic heterocycles. The van der Waals surface area contributed by atoms with E-state index in [-0.39, 0.29) is 24.0 Å². The fraction of sp³-hybridized carbons (Fsp3) is 0.583. The van der Waals surface area contributed by atoms with E-state index >= 15 is 0 Å². The second-order valence-electron chi connectivity index (χ2n) is 4.61. The number of halogens is 1. The van der Waals surface area contributed by atoms with Crippen LogP contribution in [-0.2, 0) is 23.6 Å². The lowest BCUT2D eigenvalue weighted by atomic mass is 10.4. The highest BCUT2D eigenvalue weighted by Gasteiger charge is 2.08. The predicted octanol–water partition coefficient (Wildman–Crippen LogP) is 0.200. The maximum Gasteiger partial charge on any atom is 0.208 e. The quantitative estimate of drug-likeness (QED) is 0.293. The zero-order valence-corrected chi connectivity index (χ0v) is 16.0. The number of nitrogens with one attached hydrogen (secondary N) is 2. The van der Waals surface area contributed by atoms with Gasteiger partial charge in [0.05, 0.1) is 12.8 Å². The van der Waals surface area contributed by atoms with Crippen molar-refractivity contribution in [2.75, 3.05) is 33.4 Å². The molecule has 0 fully saturated rings. The molecular formula is C12H24IN5O2S. The maximum atomic E-state index is 10.9. The zero-order chi connectivity index (χ0) is 15.2. The van der Waals surface area contributed by atoms with Crippen LogP contribution in [0.25, 0.3) is 0 Å². The molecule has 2 N–H and O–H groups in total. The Bertz CT molecular complexity index is 556. The van der Waals surface area contributed by atoms with E-state index in [1.54, 1.807) is 7.05 Å². The highest BCUT2D eigenvalue weighted by molar-refractivity contribution is 14.0. The smallest absolute Gasteiger partial charge is 0.208 e. The Kier molecular flexibility index (Phi) is 8.90. The van der Waals surface area contributed by atoms with Crippen LogP contribution in [0.5, 0.6) is 0 Å². The Morgan fingerprint density at radius 1 is 1.43 bits per heavy atom. The number of aliphatic imine (C=N–C) groups is 1. The largest absolute Gasteiger partial charge is 0.355 e. The number of sulfonamides is 1. The molecule has 0 spiro atoms. The van der Waals surface area contributed by atoms with Gasteiger partial charge in [0.2, 0.25) is 10.0 Å². The van der Waals surface area contributed by atoms with E-state index < -0.39 is 10.0 Å². The number of nitrogens with zero attached hydrogens (tertiary/aromatic N) is 3. The van der Waals surface area contributed by atoms with Crippen LogP contribution >= 0.6 is 24.0 Å². The second-order valence-corrected chi connectivity index (χ2v) is 6.44.